The molecule has 154 valence electrons. The molecule has 0 N–H and O–H groups in total. The van der Waals surface area contributed by atoms with Gasteiger partial charge in [0.2, 0.25) is 5.76 Å². The van der Waals surface area contributed by atoms with Crippen LogP contribution in [0.4, 0.5) is 16.3 Å². The van der Waals surface area contributed by atoms with Gasteiger partial charge in [-0.25, -0.2) is 32.2 Å². The van der Waals surface area contributed by atoms with Gasteiger partial charge in [-0.15, -0.1) is 0 Å². The summed E-state index contributed by atoms with van der Waals surface area (Å²) in [6.45, 7) is 1.47. The minimum Gasteiger partial charge on any atom is -0.463 e. The zero-order chi connectivity index (χ0) is 21.5. The molecule has 10 heteroatoms. The molecule has 0 aliphatic carbocycles. The lowest BCUT2D eigenvalue weighted by Crippen LogP contribution is -2.48. The Bertz CT molecular complexity index is 1250. The molecule has 4 rings (SSSR count). The smallest absolute Gasteiger partial charge is 0.373 e. The number of urea groups is 1. The number of ether oxygens (including phenoxy) is 1. The summed E-state index contributed by atoms with van der Waals surface area (Å²) in [5.74, 6) is -0.653. The van der Waals surface area contributed by atoms with Crippen LogP contribution in [0.3, 0.4) is 0 Å². The fraction of sp³-hybridized carbons (Fsp3) is 0.150. The third-order valence-electron chi connectivity index (χ3n) is 4.54. The summed E-state index contributed by atoms with van der Waals surface area (Å²) in [4.78, 5) is 30.2. The second kappa shape index (κ2) is 7.30. The quantitative estimate of drug-likeness (QED) is 0.588. The van der Waals surface area contributed by atoms with E-state index >= 15 is 0 Å². The van der Waals surface area contributed by atoms with Crippen molar-refractivity contribution in [1.29, 1.82) is 0 Å². The summed E-state index contributed by atoms with van der Waals surface area (Å²) in [7, 11) is -2.99. The zero-order valence-corrected chi connectivity index (χ0v) is 16.9. The number of fused-ring (bicyclic) bond motifs is 1. The van der Waals surface area contributed by atoms with E-state index in [1.807, 2.05) is 13.0 Å². The van der Waals surface area contributed by atoms with Crippen LogP contribution in [0.25, 0.3) is 0 Å². The van der Waals surface area contributed by atoms with E-state index in [1.165, 1.54) is 42.5 Å². The molecule has 1 aliphatic rings. The standard InChI is InChI=1S/C20H17N3O6S/c1-13-5-3-6-14(11-13)23-18-17(7-4-10-21-18)30(26,27)22(20(23)25)12-15-8-9-16(29-15)19(24)28-2/h3-11H,12H2,1-2H3. The van der Waals surface area contributed by atoms with Crippen molar-refractivity contribution in [3.8, 4) is 0 Å². The number of hydrogen-bond donors (Lipinski definition) is 0. The number of hydrogen-bond acceptors (Lipinski definition) is 7. The maximum atomic E-state index is 13.3. The number of nitrogens with zero attached hydrogens (tertiary/aromatic N) is 3. The molecule has 0 saturated heterocycles. The highest BCUT2D eigenvalue weighted by Crippen LogP contribution is 2.38. The number of benzene rings is 1. The van der Waals surface area contributed by atoms with Crippen LogP contribution in [0.1, 0.15) is 21.9 Å². The van der Waals surface area contributed by atoms with Crippen molar-refractivity contribution in [2.75, 3.05) is 12.0 Å². The molecular weight excluding hydrogens is 410 g/mol. The van der Waals surface area contributed by atoms with Crippen LogP contribution >= 0.6 is 0 Å². The Morgan fingerprint density at radius 2 is 1.97 bits per heavy atom. The van der Waals surface area contributed by atoms with Crippen LogP contribution in [0, 0.1) is 6.92 Å². The van der Waals surface area contributed by atoms with Gasteiger partial charge >= 0.3 is 12.0 Å². The van der Waals surface area contributed by atoms with E-state index in [4.69, 9.17) is 4.42 Å². The monoisotopic (exact) mass is 427 g/mol. The van der Waals surface area contributed by atoms with Gasteiger partial charge in [-0.1, -0.05) is 12.1 Å². The van der Waals surface area contributed by atoms with Crippen LogP contribution in [0.5, 0.6) is 0 Å². The Morgan fingerprint density at radius 3 is 2.70 bits per heavy atom. The number of methoxy groups -OCH3 is 1. The molecule has 0 unspecified atom stereocenters. The van der Waals surface area contributed by atoms with Gasteiger partial charge in [0.15, 0.2) is 5.82 Å². The van der Waals surface area contributed by atoms with Crippen LogP contribution in [-0.4, -0.2) is 36.8 Å². The molecule has 9 nitrogen and oxygen atoms in total. The molecule has 3 aromatic rings. The number of amides is 2. The maximum absolute atomic E-state index is 13.3. The Balaban J connectivity index is 1.81. The molecule has 0 bridgehead atoms. The predicted molar refractivity (Wildman–Crippen MR) is 106 cm³/mol. The average molecular weight is 427 g/mol. The number of rotatable bonds is 4. The highest BCUT2D eigenvalue weighted by atomic mass is 32.2. The molecule has 0 atom stereocenters. The van der Waals surface area contributed by atoms with Gasteiger partial charge in [-0.3, -0.25) is 0 Å². The van der Waals surface area contributed by atoms with Gasteiger partial charge in [-0.05, 0) is 48.9 Å². The zero-order valence-electron chi connectivity index (χ0n) is 16.1. The lowest BCUT2D eigenvalue weighted by atomic mass is 10.2. The number of aromatic nitrogens is 1. The fourth-order valence-corrected chi connectivity index (χ4v) is 4.59. The minimum absolute atomic E-state index is 0.0269. The Kier molecular flexibility index (Phi) is 4.78. The van der Waals surface area contributed by atoms with E-state index in [0.29, 0.717) is 9.99 Å². The summed E-state index contributed by atoms with van der Waals surface area (Å²) in [5.41, 5.74) is 1.38. The van der Waals surface area contributed by atoms with E-state index in [2.05, 4.69) is 9.72 Å². The normalized spacial score (nSPS) is 15.1. The van der Waals surface area contributed by atoms with Crippen LogP contribution in [-0.2, 0) is 21.3 Å². The first-order valence-corrected chi connectivity index (χ1v) is 10.3. The molecule has 0 saturated carbocycles. The van der Waals surface area contributed by atoms with Crippen LogP contribution < -0.4 is 4.90 Å². The number of furan rings is 1. The molecular formula is C20H17N3O6S. The lowest BCUT2D eigenvalue weighted by Gasteiger charge is -2.35. The molecule has 0 radical (unpaired) electrons. The Morgan fingerprint density at radius 1 is 1.17 bits per heavy atom. The summed E-state index contributed by atoms with van der Waals surface area (Å²) < 4.78 is 37.0. The topological polar surface area (TPSA) is 110 Å². The molecule has 2 amide bonds. The van der Waals surface area contributed by atoms with Crippen LogP contribution in [0.15, 0.2) is 64.0 Å². The largest absolute Gasteiger partial charge is 0.463 e. The number of esters is 1. The molecule has 0 fully saturated rings. The minimum atomic E-state index is -4.19. The Labute approximate surface area is 172 Å². The molecule has 1 aromatic carbocycles. The van der Waals surface area contributed by atoms with Gasteiger partial charge < -0.3 is 9.15 Å². The number of carbonyl (C=O) groups is 2. The third kappa shape index (κ3) is 3.20. The first-order chi connectivity index (χ1) is 14.3. The van der Waals surface area contributed by atoms with Crippen molar-refractivity contribution < 1.29 is 27.2 Å². The van der Waals surface area contributed by atoms with Gasteiger partial charge in [0.25, 0.3) is 10.0 Å². The van der Waals surface area contributed by atoms with E-state index in [0.717, 1.165) is 5.56 Å². The first-order valence-electron chi connectivity index (χ1n) is 8.88. The maximum Gasteiger partial charge on any atom is 0.373 e. The van der Waals surface area contributed by atoms with Crippen LogP contribution in [0.2, 0.25) is 0 Å². The summed E-state index contributed by atoms with van der Waals surface area (Å²) >= 11 is 0. The number of sulfonamides is 1. The van der Waals surface area contributed by atoms with E-state index in [1.54, 1.807) is 18.2 Å². The summed E-state index contributed by atoms with van der Waals surface area (Å²) in [6.07, 6.45) is 1.43. The highest BCUT2D eigenvalue weighted by molar-refractivity contribution is 7.90. The molecule has 30 heavy (non-hydrogen) atoms. The van der Waals surface area contributed by atoms with Gasteiger partial charge in [-0.2, -0.15) is 0 Å². The number of pyridine rings is 1. The second-order valence-corrected chi connectivity index (χ2v) is 8.38. The van der Waals surface area contributed by atoms with Crippen molar-refractivity contribution in [1.82, 2.24) is 9.29 Å². The van der Waals surface area contributed by atoms with E-state index < -0.39 is 28.6 Å². The van der Waals surface area contributed by atoms with Crippen molar-refractivity contribution >= 4 is 33.5 Å². The van der Waals surface area contributed by atoms with Crippen molar-refractivity contribution in [2.24, 2.45) is 0 Å². The fourth-order valence-electron chi connectivity index (χ4n) is 3.14. The number of carbonyl (C=O) groups excluding carboxylic acids is 2. The second-order valence-electron chi connectivity index (χ2n) is 6.55. The molecule has 2 aromatic heterocycles. The highest BCUT2D eigenvalue weighted by Gasteiger charge is 2.43. The lowest BCUT2D eigenvalue weighted by molar-refractivity contribution is 0.0562. The number of aryl methyl sites for hydroxylation is 1. The molecule has 1 aliphatic heterocycles. The van der Waals surface area contributed by atoms with Crippen molar-refractivity contribution in [3.63, 3.8) is 0 Å². The van der Waals surface area contributed by atoms with Crippen molar-refractivity contribution in [3.05, 3.63) is 71.8 Å². The Hall–Kier alpha value is -3.66. The van der Waals surface area contributed by atoms with Gasteiger partial charge in [0, 0.05) is 6.20 Å². The third-order valence-corrected chi connectivity index (χ3v) is 6.28. The summed E-state index contributed by atoms with van der Waals surface area (Å²) in [5, 5.41) is 0. The average Bonchev–Trinajstić information content (AvgIpc) is 3.20. The van der Waals surface area contributed by atoms with Crippen molar-refractivity contribution in [2.45, 2.75) is 18.4 Å². The van der Waals surface area contributed by atoms with E-state index in [9.17, 15) is 18.0 Å². The van der Waals surface area contributed by atoms with E-state index in [-0.39, 0.29) is 22.2 Å². The van der Waals surface area contributed by atoms with Gasteiger partial charge in [0.05, 0.1) is 19.3 Å². The molecule has 0 spiro atoms. The first kappa shape index (κ1) is 19.6. The van der Waals surface area contributed by atoms with Gasteiger partial charge in [0.1, 0.15) is 10.7 Å². The number of anilines is 2. The molecule has 3 heterocycles. The predicted octanol–water partition coefficient (Wildman–Crippen LogP) is 3.23. The SMILES string of the molecule is COC(=O)c1ccc(CN2C(=O)N(c3cccc(C)c3)c3ncccc3S2(=O)=O)o1. The summed E-state index contributed by atoms with van der Waals surface area (Å²) in [6, 6.07) is 11.9.